The van der Waals surface area contributed by atoms with E-state index in [9.17, 15) is 4.79 Å². The summed E-state index contributed by atoms with van der Waals surface area (Å²) in [7, 11) is 0. The summed E-state index contributed by atoms with van der Waals surface area (Å²) in [5.41, 5.74) is 6.33. The Hall–Kier alpha value is -1.19. The molecule has 84 valence electrons. The van der Waals surface area contributed by atoms with Crippen LogP contribution in [0.15, 0.2) is 21.5 Å². The standard InChI is InChI=1S/C10H9BrN2O2S/c1-2-15-10(14)7-3-6(16-5-12)4-8(11)9(7)13/h3-4H,2,13H2,1H3. The molecule has 6 heteroatoms. The summed E-state index contributed by atoms with van der Waals surface area (Å²) >= 11 is 4.19. The highest BCUT2D eigenvalue weighted by molar-refractivity contribution is 9.10. The highest BCUT2D eigenvalue weighted by atomic mass is 79.9. The number of thiocyanates is 1. The maximum atomic E-state index is 11.6. The second-order valence-corrected chi connectivity index (χ2v) is 4.49. The van der Waals surface area contributed by atoms with Crippen molar-refractivity contribution < 1.29 is 9.53 Å². The van der Waals surface area contributed by atoms with Crippen LogP contribution in [0.1, 0.15) is 17.3 Å². The molecule has 0 radical (unpaired) electrons. The number of rotatable bonds is 3. The number of esters is 1. The van der Waals surface area contributed by atoms with Gasteiger partial charge in [-0.2, -0.15) is 5.26 Å². The smallest absolute Gasteiger partial charge is 0.340 e. The third-order valence-corrected chi connectivity index (χ3v) is 2.98. The molecule has 0 saturated heterocycles. The van der Waals surface area contributed by atoms with Gasteiger partial charge in [-0.1, -0.05) is 0 Å². The number of nitrogen functional groups attached to an aromatic ring is 1. The summed E-state index contributed by atoms with van der Waals surface area (Å²) < 4.78 is 5.44. The Balaban J connectivity index is 3.17. The lowest BCUT2D eigenvalue weighted by molar-refractivity contribution is 0.0527. The van der Waals surface area contributed by atoms with Gasteiger partial charge in [0.25, 0.3) is 0 Å². The third-order valence-electron chi connectivity index (χ3n) is 1.76. The Bertz CT molecular complexity index is 457. The maximum absolute atomic E-state index is 11.6. The number of hydrogen-bond donors (Lipinski definition) is 1. The largest absolute Gasteiger partial charge is 0.462 e. The lowest BCUT2D eigenvalue weighted by Gasteiger charge is -2.08. The van der Waals surface area contributed by atoms with E-state index in [0.717, 1.165) is 11.8 Å². The van der Waals surface area contributed by atoms with Crippen LogP contribution in [0.3, 0.4) is 0 Å². The van der Waals surface area contributed by atoms with E-state index in [1.807, 2.05) is 5.40 Å². The van der Waals surface area contributed by atoms with Gasteiger partial charge in [0.2, 0.25) is 0 Å². The van der Waals surface area contributed by atoms with Crippen molar-refractivity contribution in [1.82, 2.24) is 0 Å². The summed E-state index contributed by atoms with van der Waals surface area (Å²) in [6.07, 6.45) is 0. The van der Waals surface area contributed by atoms with Crippen molar-refractivity contribution in [3.05, 3.63) is 22.2 Å². The van der Waals surface area contributed by atoms with Crippen molar-refractivity contribution >= 4 is 39.3 Å². The lowest BCUT2D eigenvalue weighted by Crippen LogP contribution is -2.08. The van der Waals surface area contributed by atoms with E-state index in [2.05, 4.69) is 15.9 Å². The molecule has 16 heavy (non-hydrogen) atoms. The molecule has 0 heterocycles. The molecule has 0 fully saturated rings. The van der Waals surface area contributed by atoms with E-state index < -0.39 is 5.97 Å². The minimum absolute atomic E-state index is 0.272. The zero-order valence-corrected chi connectivity index (χ0v) is 10.9. The number of benzene rings is 1. The molecule has 0 spiro atoms. The molecular formula is C10H9BrN2O2S. The number of halogens is 1. The molecule has 0 aliphatic heterocycles. The van der Waals surface area contributed by atoms with Gasteiger partial charge in [0.15, 0.2) is 0 Å². The van der Waals surface area contributed by atoms with Crippen molar-refractivity contribution in [2.75, 3.05) is 12.3 Å². The number of nitrogens with two attached hydrogens (primary N) is 1. The highest BCUT2D eigenvalue weighted by Crippen LogP contribution is 2.30. The quantitative estimate of drug-likeness (QED) is 0.402. The molecule has 0 atom stereocenters. The van der Waals surface area contributed by atoms with E-state index in [1.54, 1.807) is 19.1 Å². The van der Waals surface area contributed by atoms with E-state index in [4.69, 9.17) is 15.7 Å². The van der Waals surface area contributed by atoms with E-state index in [0.29, 0.717) is 15.1 Å². The van der Waals surface area contributed by atoms with Crippen molar-refractivity contribution in [2.45, 2.75) is 11.8 Å². The summed E-state index contributed by atoms with van der Waals surface area (Å²) in [5, 5.41) is 10.5. The minimum Gasteiger partial charge on any atom is -0.462 e. The zero-order valence-electron chi connectivity index (χ0n) is 8.49. The Morgan fingerprint density at radius 1 is 1.69 bits per heavy atom. The Labute approximate surface area is 106 Å². The van der Waals surface area contributed by atoms with Gasteiger partial charge in [-0.15, -0.1) is 0 Å². The fourth-order valence-electron chi connectivity index (χ4n) is 1.08. The molecule has 1 aromatic carbocycles. The van der Waals surface area contributed by atoms with Crippen LogP contribution < -0.4 is 5.73 Å². The summed E-state index contributed by atoms with van der Waals surface area (Å²) in [5.74, 6) is -0.485. The van der Waals surface area contributed by atoms with Gasteiger partial charge in [0.05, 0.1) is 17.9 Å². The fourth-order valence-corrected chi connectivity index (χ4v) is 2.15. The second-order valence-electron chi connectivity index (χ2n) is 2.78. The highest BCUT2D eigenvalue weighted by Gasteiger charge is 2.14. The molecule has 2 N–H and O–H groups in total. The molecule has 1 rings (SSSR count). The van der Waals surface area contributed by atoms with Gasteiger partial charge in [0.1, 0.15) is 5.40 Å². The molecule has 0 aliphatic rings. The van der Waals surface area contributed by atoms with Gasteiger partial charge in [-0.3, -0.25) is 0 Å². The Morgan fingerprint density at radius 3 is 2.94 bits per heavy atom. The van der Waals surface area contributed by atoms with Crippen molar-refractivity contribution in [2.24, 2.45) is 0 Å². The predicted molar refractivity (Wildman–Crippen MR) is 66.0 cm³/mol. The molecule has 0 unspecified atom stereocenters. The Kier molecular flexibility index (Phi) is 4.65. The molecule has 4 nitrogen and oxygen atoms in total. The topological polar surface area (TPSA) is 76.1 Å². The van der Waals surface area contributed by atoms with Crippen LogP contribution in [0.5, 0.6) is 0 Å². The van der Waals surface area contributed by atoms with E-state index in [-0.39, 0.29) is 12.2 Å². The number of carbonyl (C=O) groups excluding carboxylic acids is 1. The summed E-state index contributed by atoms with van der Waals surface area (Å²) in [4.78, 5) is 12.2. The van der Waals surface area contributed by atoms with Crippen molar-refractivity contribution in [3.8, 4) is 5.40 Å². The Morgan fingerprint density at radius 2 is 2.38 bits per heavy atom. The molecule has 0 aliphatic carbocycles. The predicted octanol–water partition coefficient (Wildman–Crippen LogP) is 2.78. The van der Waals surface area contributed by atoms with Gasteiger partial charge in [-0.25, -0.2) is 4.79 Å². The van der Waals surface area contributed by atoms with E-state index in [1.165, 1.54) is 0 Å². The molecule has 0 amide bonds. The summed E-state index contributed by atoms with van der Waals surface area (Å²) in [6.45, 7) is 2.00. The van der Waals surface area contributed by atoms with Crippen LogP contribution in [-0.2, 0) is 4.74 Å². The molecule has 1 aromatic rings. The van der Waals surface area contributed by atoms with Crippen LogP contribution in [-0.4, -0.2) is 12.6 Å². The van der Waals surface area contributed by atoms with Gasteiger partial charge < -0.3 is 10.5 Å². The van der Waals surface area contributed by atoms with Gasteiger partial charge in [0, 0.05) is 9.37 Å². The van der Waals surface area contributed by atoms with Crippen LogP contribution in [0.2, 0.25) is 0 Å². The number of hydrogen-bond acceptors (Lipinski definition) is 5. The normalized spacial score (nSPS) is 9.56. The van der Waals surface area contributed by atoms with Gasteiger partial charge >= 0.3 is 5.97 Å². The number of nitriles is 1. The number of anilines is 1. The molecule has 0 bridgehead atoms. The van der Waals surface area contributed by atoms with Crippen LogP contribution >= 0.6 is 27.7 Å². The molecule has 0 aromatic heterocycles. The van der Waals surface area contributed by atoms with Crippen molar-refractivity contribution in [3.63, 3.8) is 0 Å². The first kappa shape index (κ1) is 12.9. The SMILES string of the molecule is CCOC(=O)c1cc(SC#N)cc(Br)c1N. The van der Waals surface area contributed by atoms with E-state index >= 15 is 0 Å². The maximum Gasteiger partial charge on any atom is 0.340 e. The first-order chi connectivity index (χ1) is 7.60. The second kappa shape index (κ2) is 5.77. The minimum atomic E-state index is -0.485. The van der Waals surface area contributed by atoms with Gasteiger partial charge in [-0.05, 0) is 46.7 Å². The van der Waals surface area contributed by atoms with Crippen LogP contribution in [0.25, 0.3) is 0 Å². The molecule has 0 saturated carbocycles. The van der Waals surface area contributed by atoms with Crippen molar-refractivity contribution in [1.29, 1.82) is 5.26 Å². The first-order valence-electron chi connectivity index (χ1n) is 4.42. The lowest BCUT2D eigenvalue weighted by atomic mass is 10.2. The first-order valence-corrected chi connectivity index (χ1v) is 6.03. The third kappa shape index (κ3) is 2.90. The van der Waals surface area contributed by atoms with Crippen LogP contribution in [0, 0.1) is 10.7 Å². The fraction of sp³-hybridized carbons (Fsp3) is 0.200. The number of carbonyl (C=O) groups is 1. The zero-order chi connectivity index (χ0) is 12.1. The molecular weight excluding hydrogens is 292 g/mol. The number of nitrogens with zero attached hydrogens (tertiary/aromatic N) is 1. The average molecular weight is 301 g/mol. The average Bonchev–Trinajstić information content (AvgIpc) is 2.23. The number of thioether (sulfide) groups is 1. The number of ether oxygens (including phenoxy) is 1. The monoisotopic (exact) mass is 300 g/mol. The van der Waals surface area contributed by atoms with Crippen LogP contribution in [0.4, 0.5) is 5.69 Å². The summed E-state index contributed by atoms with van der Waals surface area (Å²) in [6, 6.07) is 3.23.